The lowest BCUT2D eigenvalue weighted by molar-refractivity contribution is 0.0290. The van der Waals surface area contributed by atoms with Crippen LogP contribution < -0.4 is 10.5 Å². The molecule has 4 aromatic carbocycles. The van der Waals surface area contributed by atoms with Crippen molar-refractivity contribution in [3.05, 3.63) is 120 Å². The summed E-state index contributed by atoms with van der Waals surface area (Å²) in [5.74, 6) is -0.353. The molecule has 0 aliphatic rings. The molecule has 0 atom stereocenters. The molecule has 0 fully saturated rings. The van der Waals surface area contributed by atoms with Crippen LogP contribution in [0.25, 0.3) is 16.9 Å². The van der Waals surface area contributed by atoms with Crippen LogP contribution in [0.2, 0.25) is 0 Å². The highest BCUT2D eigenvalue weighted by Gasteiger charge is 2.23. The molecule has 1 amide bonds. The Morgan fingerprint density at radius 3 is 2.11 bits per heavy atom. The maximum absolute atomic E-state index is 13.7. The highest BCUT2D eigenvalue weighted by Crippen LogP contribution is 2.34. The lowest BCUT2D eigenvalue weighted by Gasteiger charge is -2.14. The van der Waals surface area contributed by atoms with Gasteiger partial charge in [-0.2, -0.15) is 5.10 Å². The number of benzene rings is 4. The van der Waals surface area contributed by atoms with Crippen molar-refractivity contribution in [2.24, 2.45) is 0 Å². The quantitative estimate of drug-likeness (QED) is 0.209. The number of hydrogen-bond acceptors (Lipinski definition) is 6. The topological polar surface area (TPSA) is 90.6 Å². The maximum Gasteiger partial charge on any atom is 0.259 e. The highest BCUT2D eigenvalue weighted by molar-refractivity contribution is 7.99. The fourth-order valence-corrected chi connectivity index (χ4v) is 4.97. The first-order valence-electron chi connectivity index (χ1n) is 11.6. The molecule has 0 bridgehead atoms. The first-order valence-corrected chi connectivity index (χ1v) is 12.4. The number of carbonyl (C=O) groups is 1. The highest BCUT2D eigenvalue weighted by atomic mass is 32.2. The van der Waals surface area contributed by atoms with Crippen LogP contribution in [0, 0.1) is 6.92 Å². The maximum atomic E-state index is 13.7. The van der Waals surface area contributed by atoms with Crippen LogP contribution in [0.5, 0.6) is 0 Å². The molecule has 37 heavy (non-hydrogen) atoms. The van der Waals surface area contributed by atoms with Crippen molar-refractivity contribution in [2.45, 2.75) is 16.7 Å². The molecule has 1 aromatic heterocycles. The largest absolute Gasteiger partial charge is 0.322 e. The minimum absolute atomic E-state index is 0.0405. The molecule has 0 spiro atoms. The molecule has 1 heterocycles. The molecule has 0 unspecified atom stereocenters. The third-order valence-corrected chi connectivity index (χ3v) is 6.73. The zero-order valence-electron chi connectivity index (χ0n) is 19.9. The second-order valence-corrected chi connectivity index (χ2v) is 9.44. The number of hydrogen-bond donors (Lipinski definition) is 3. The minimum atomic E-state index is -0.353. The van der Waals surface area contributed by atoms with E-state index in [0.717, 1.165) is 21.0 Å². The van der Waals surface area contributed by atoms with Crippen LogP contribution in [0.4, 0.5) is 11.4 Å². The normalized spacial score (nSPS) is 10.8. The second kappa shape index (κ2) is 10.7. The summed E-state index contributed by atoms with van der Waals surface area (Å²) < 4.78 is 1.76. The molecule has 0 saturated carbocycles. The van der Waals surface area contributed by atoms with E-state index in [1.807, 2.05) is 97.9 Å². The molecule has 3 N–H and O–H groups in total. The van der Waals surface area contributed by atoms with Gasteiger partial charge in [0.1, 0.15) is 5.69 Å². The minimum Gasteiger partial charge on any atom is -0.322 e. The van der Waals surface area contributed by atoms with E-state index in [0.29, 0.717) is 22.6 Å². The standard InChI is InChI=1S/C29H24N4O3S/c1-20-27(28(21-11-5-2-6-12-21)31-32(20)23-13-7-3-8-14-23)29(34)30-22-17-24(33(35)36)19-26(18-22)37-25-15-9-4-10-16-25/h2-19,35-36H,1H3,(H,30,34). The van der Waals surface area contributed by atoms with E-state index in [1.54, 1.807) is 16.8 Å². The average molecular weight is 509 g/mol. The molecule has 0 aliphatic carbocycles. The molecule has 0 saturated heterocycles. The predicted octanol–water partition coefficient (Wildman–Crippen LogP) is 6.84. The number of nitrogens with zero attached hydrogens (tertiary/aromatic N) is 3. The fraction of sp³-hybridized carbons (Fsp3) is 0.0345. The molecule has 0 aliphatic heterocycles. The number of carbonyl (C=O) groups excluding carboxylic acids is 1. The van der Waals surface area contributed by atoms with Gasteiger partial charge >= 0.3 is 0 Å². The number of nitrogens with one attached hydrogen (secondary N) is 1. The summed E-state index contributed by atoms with van der Waals surface area (Å²) in [6.45, 7) is 1.86. The first-order chi connectivity index (χ1) is 18.0. The predicted molar refractivity (Wildman–Crippen MR) is 145 cm³/mol. The van der Waals surface area contributed by atoms with Crippen LogP contribution in [-0.2, 0) is 0 Å². The number of rotatable bonds is 7. The van der Waals surface area contributed by atoms with Crippen LogP contribution in [0.3, 0.4) is 0 Å². The molecular weight excluding hydrogens is 484 g/mol. The van der Waals surface area contributed by atoms with Crippen LogP contribution in [0.1, 0.15) is 16.1 Å². The van der Waals surface area contributed by atoms with Gasteiger partial charge in [-0.3, -0.25) is 15.2 Å². The van der Waals surface area contributed by atoms with Crippen molar-refractivity contribution >= 4 is 29.0 Å². The van der Waals surface area contributed by atoms with E-state index in [2.05, 4.69) is 5.32 Å². The summed E-state index contributed by atoms with van der Waals surface area (Å²) in [4.78, 5) is 15.4. The Kier molecular flexibility index (Phi) is 7.04. The summed E-state index contributed by atoms with van der Waals surface area (Å²) >= 11 is 1.44. The Morgan fingerprint density at radius 1 is 0.838 bits per heavy atom. The lowest BCUT2D eigenvalue weighted by Crippen LogP contribution is -2.16. The lowest BCUT2D eigenvalue weighted by atomic mass is 10.1. The van der Waals surface area contributed by atoms with Gasteiger partial charge in [-0.25, -0.2) is 4.68 Å². The van der Waals surface area contributed by atoms with Crippen molar-refractivity contribution < 1.29 is 15.2 Å². The summed E-state index contributed by atoms with van der Waals surface area (Å²) in [6, 6.07) is 33.8. The smallest absolute Gasteiger partial charge is 0.259 e. The molecule has 5 rings (SSSR count). The average Bonchev–Trinajstić information content (AvgIpc) is 3.27. The first kappa shape index (κ1) is 24.3. The van der Waals surface area contributed by atoms with Crippen molar-refractivity contribution in [3.63, 3.8) is 0 Å². The third-order valence-electron chi connectivity index (χ3n) is 5.75. The van der Waals surface area contributed by atoms with Gasteiger partial charge in [0.15, 0.2) is 0 Å². The van der Waals surface area contributed by atoms with E-state index >= 15 is 0 Å². The summed E-state index contributed by atoms with van der Waals surface area (Å²) in [5.41, 5.74) is 3.87. The van der Waals surface area contributed by atoms with E-state index in [-0.39, 0.29) is 16.8 Å². The van der Waals surface area contributed by atoms with E-state index in [1.165, 1.54) is 17.8 Å². The van der Waals surface area contributed by atoms with Crippen molar-refractivity contribution in [1.82, 2.24) is 9.78 Å². The third kappa shape index (κ3) is 5.41. The van der Waals surface area contributed by atoms with Gasteiger partial charge in [-0.15, -0.1) is 5.23 Å². The monoisotopic (exact) mass is 508 g/mol. The number of anilines is 2. The molecule has 184 valence electrons. The molecule has 0 radical (unpaired) electrons. The van der Waals surface area contributed by atoms with Crippen LogP contribution in [0.15, 0.2) is 119 Å². The number of para-hydroxylation sites is 1. The molecule has 7 nitrogen and oxygen atoms in total. The molecule has 5 aromatic rings. The summed E-state index contributed by atoms with van der Waals surface area (Å²) in [7, 11) is 0. The Balaban J connectivity index is 1.54. The van der Waals surface area contributed by atoms with Crippen molar-refractivity contribution in [3.8, 4) is 16.9 Å². The van der Waals surface area contributed by atoms with Gasteiger partial charge in [0.05, 0.1) is 22.6 Å². The Hall–Kier alpha value is -4.37. The van der Waals surface area contributed by atoms with Crippen LogP contribution in [-0.4, -0.2) is 26.1 Å². The van der Waals surface area contributed by atoms with Gasteiger partial charge in [-0.05, 0) is 49.4 Å². The van der Waals surface area contributed by atoms with Gasteiger partial charge < -0.3 is 5.32 Å². The molecule has 8 heteroatoms. The molecular formula is C29H24N4O3S. The Bertz CT molecular complexity index is 1520. The van der Waals surface area contributed by atoms with E-state index in [4.69, 9.17) is 5.10 Å². The zero-order chi connectivity index (χ0) is 25.8. The van der Waals surface area contributed by atoms with Crippen molar-refractivity contribution in [2.75, 3.05) is 10.5 Å². The van der Waals surface area contributed by atoms with Crippen LogP contribution >= 0.6 is 11.8 Å². The Morgan fingerprint density at radius 2 is 1.46 bits per heavy atom. The summed E-state index contributed by atoms with van der Waals surface area (Å²) in [6.07, 6.45) is 0. The van der Waals surface area contributed by atoms with E-state index < -0.39 is 0 Å². The van der Waals surface area contributed by atoms with Gasteiger partial charge in [-0.1, -0.05) is 78.5 Å². The number of amides is 1. The Labute approximate surface area is 218 Å². The van der Waals surface area contributed by atoms with Crippen molar-refractivity contribution in [1.29, 1.82) is 0 Å². The fourth-order valence-electron chi connectivity index (χ4n) is 4.04. The summed E-state index contributed by atoms with van der Waals surface area (Å²) in [5, 5.41) is 27.2. The van der Waals surface area contributed by atoms with Gasteiger partial charge in [0, 0.05) is 21.0 Å². The number of aromatic nitrogens is 2. The van der Waals surface area contributed by atoms with E-state index in [9.17, 15) is 15.2 Å². The van der Waals surface area contributed by atoms with Gasteiger partial charge in [0.25, 0.3) is 5.91 Å². The zero-order valence-corrected chi connectivity index (χ0v) is 20.8. The van der Waals surface area contributed by atoms with Gasteiger partial charge in [0.2, 0.25) is 0 Å². The SMILES string of the molecule is Cc1c(C(=O)Nc2cc(Sc3ccccc3)cc(N(O)O)c2)c(-c2ccccc2)nn1-c1ccccc1. The second-order valence-electron chi connectivity index (χ2n) is 8.30.